The van der Waals surface area contributed by atoms with E-state index in [2.05, 4.69) is 60.3 Å². The molecule has 3 aromatic rings. The van der Waals surface area contributed by atoms with Gasteiger partial charge in [0.25, 0.3) is 10.0 Å². The average molecular weight is 473 g/mol. The summed E-state index contributed by atoms with van der Waals surface area (Å²) in [5.74, 6) is 1.07. The lowest BCUT2D eigenvalue weighted by molar-refractivity contribution is 0.425. The molecular formula is C29H32N2O2S. The van der Waals surface area contributed by atoms with Gasteiger partial charge in [0.05, 0.1) is 16.6 Å². The van der Waals surface area contributed by atoms with Crippen molar-refractivity contribution in [2.45, 2.75) is 56.9 Å². The van der Waals surface area contributed by atoms with Gasteiger partial charge >= 0.3 is 0 Å². The standard InChI is InChI=1S/C29H32N2O2S/c1-18(2)21-9-11-22(12-10-21)29-25-7-5-6-24(25)26-17-23(13-15-28(26)30-29)34(32,33)31-27-14-8-19(3)16-20(27)4/h5-6,8-18,24-25,29-31H,7H2,1-4H3. The number of anilines is 2. The predicted octanol–water partition coefficient (Wildman–Crippen LogP) is 7.05. The summed E-state index contributed by atoms with van der Waals surface area (Å²) in [7, 11) is -3.69. The Kier molecular flexibility index (Phi) is 5.76. The molecule has 5 heteroatoms. The highest BCUT2D eigenvalue weighted by atomic mass is 32.2. The van der Waals surface area contributed by atoms with E-state index in [1.165, 1.54) is 11.1 Å². The minimum absolute atomic E-state index is 0.197. The average Bonchev–Trinajstić information content (AvgIpc) is 3.30. The number of rotatable bonds is 5. The summed E-state index contributed by atoms with van der Waals surface area (Å²) >= 11 is 0. The maximum atomic E-state index is 13.2. The van der Waals surface area contributed by atoms with Crippen molar-refractivity contribution in [2.24, 2.45) is 5.92 Å². The first-order chi connectivity index (χ1) is 16.2. The van der Waals surface area contributed by atoms with Gasteiger partial charge in [-0.2, -0.15) is 0 Å². The predicted molar refractivity (Wildman–Crippen MR) is 140 cm³/mol. The van der Waals surface area contributed by atoms with Crippen LogP contribution in [0, 0.1) is 19.8 Å². The number of allylic oxidation sites excluding steroid dienone is 2. The quantitative estimate of drug-likeness (QED) is 0.391. The SMILES string of the molecule is Cc1ccc(NS(=O)(=O)c2ccc3c(c2)C2C=CCC2C(c2ccc(C(C)C)cc2)N3)c(C)c1. The molecule has 34 heavy (non-hydrogen) atoms. The summed E-state index contributed by atoms with van der Waals surface area (Å²) in [6, 6.07) is 20.3. The molecule has 0 saturated heterocycles. The van der Waals surface area contributed by atoms with Gasteiger partial charge in [-0.15, -0.1) is 0 Å². The van der Waals surface area contributed by atoms with Gasteiger partial charge in [-0.3, -0.25) is 4.72 Å². The third kappa shape index (κ3) is 4.14. The van der Waals surface area contributed by atoms with Crippen molar-refractivity contribution in [1.29, 1.82) is 0 Å². The van der Waals surface area contributed by atoms with Gasteiger partial charge in [0.1, 0.15) is 0 Å². The van der Waals surface area contributed by atoms with Crippen molar-refractivity contribution in [3.05, 3.63) is 101 Å². The lowest BCUT2D eigenvalue weighted by Crippen LogP contribution is -2.29. The second-order valence-electron chi connectivity index (χ2n) is 9.97. The van der Waals surface area contributed by atoms with E-state index in [1.807, 2.05) is 44.2 Å². The molecule has 176 valence electrons. The van der Waals surface area contributed by atoms with E-state index in [9.17, 15) is 8.42 Å². The van der Waals surface area contributed by atoms with Crippen molar-refractivity contribution in [3.63, 3.8) is 0 Å². The molecule has 2 N–H and O–H groups in total. The number of aryl methyl sites for hydroxylation is 2. The highest BCUT2D eigenvalue weighted by Crippen LogP contribution is 2.50. The van der Waals surface area contributed by atoms with Crippen LogP contribution < -0.4 is 10.0 Å². The summed E-state index contributed by atoms with van der Waals surface area (Å²) in [4.78, 5) is 0.298. The number of nitrogens with one attached hydrogen (secondary N) is 2. The van der Waals surface area contributed by atoms with Crippen molar-refractivity contribution in [1.82, 2.24) is 0 Å². The Morgan fingerprint density at radius 1 is 0.971 bits per heavy atom. The molecule has 0 radical (unpaired) electrons. The highest BCUT2D eigenvalue weighted by Gasteiger charge is 2.38. The second kappa shape index (κ2) is 8.62. The highest BCUT2D eigenvalue weighted by molar-refractivity contribution is 7.92. The number of sulfonamides is 1. The molecule has 0 saturated carbocycles. The van der Waals surface area contributed by atoms with E-state index in [0.717, 1.165) is 28.8 Å². The van der Waals surface area contributed by atoms with Crippen LogP contribution in [0.1, 0.15) is 66.0 Å². The zero-order chi connectivity index (χ0) is 24.0. The van der Waals surface area contributed by atoms with Crippen LogP contribution >= 0.6 is 0 Å². The van der Waals surface area contributed by atoms with Crippen molar-refractivity contribution < 1.29 is 8.42 Å². The van der Waals surface area contributed by atoms with E-state index < -0.39 is 10.0 Å². The maximum Gasteiger partial charge on any atom is 0.261 e. The first-order valence-electron chi connectivity index (χ1n) is 12.0. The third-order valence-electron chi connectivity index (χ3n) is 7.23. The largest absolute Gasteiger partial charge is 0.378 e. The van der Waals surface area contributed by atoms with Gasteiger partial charge in [-0.25, -0.2) is 8.42 Å². The van der Waals surface area contributed by atoms with Crippen LogP contribution in [0.15, 0.2) is 77.7 Å². The van der Waals surface area contributed by atoms with E-state index in [0.29, 0.717) is 22.4 Å². The fourth-order valence-corrected chi connectivity index (χ4v) is 6.46. The molecule has 2 aliphatic rings. The van der Waals surface area contributed by atoms with Gasteiger partial charge in [0, 0.05) is 11.6 Å². The summed E-state index contributed by atoms with van der Waals surface area (Å²) in [6.45, 7) is 8.34. The Bertz CT molecular complexity index is 1360. The molecule has 4 nitrogen and oxygen atoms in total. The maximum absolute atomic E-state index is 13.2. The fraction of sp³-hybridized carbons (Fsp3) is 0.310. The van der Waals surface area contributed by atoms with Crippen LogP contribution in [0.4, 0.5) is 11.4 Å². The third-order valence-corrected chi connectivity index (χ3v) is 8.60. The zero-order valence-corrected chi connectivity index (χ0v) is 21.0. The Morgan fingerprint density at radius 2 is 1.74 bits per heavy atom. The van der Waals surface area contributed by atoms with E-state index in [4.69, 9.17) is 0 Å². The number of fused-ring (bicyclic) bond motifs is 3. The second-order valence-corrected chi connectivity index (χ2v) is 11.7. The Morgan fingerprint density at radius 3 is 2.44 bits per heavy atom. The van der Waals surface area contributed by atoms with Crippen LogP contribution in [0.2, 0.25) is 0 Å². The first-order valence-corrected chi connectivity index (χ1v) is 13.5. The molecule has 0 aromatic heterocycles. The molecule has 5 rings (SSSR count). The van der Waals surface area contributed by atoms with Crippen LogP contribution in [0.5, 0.6) is 0 Å². The summed E-state index contributed by atoms with van der Waals surface area (Å²) in [6.07, 6.45) is 5.45. The minimum Gasteiger partial charge on any atom is -0.378 e. The van der Waals surface area contributed by atoms with E-state index >= 15 is 0 Å². The molecule has 3 aromatic carbocycles. The Balaban J connectivity index is 1.46. The number of hydrogen-bond donors (Lipinski definition) is 2. The van der Waals surface area contributed by atoms with Crippen LogP contribution in [-0.2, 0) is 10.0 Å². The number of hydrogen-bond acceptors (Lipinski definition) is 3. The zero-order valence-electron chi connectivity index (χ0n) is 20.2. The van der Waals surface area contributed by atoms with E-state index in [1.54, 1.807) is 6.07 Å². The van der Waals surface area contributed by atoms with Crippen LogP contribution in [-0.4, -0.2) is 8.42 Å². The molecule has 1 heterocycles. The Labute approximate surface area is 203 Å². The van der Waals surface area contributed by atoms with Crippen molar-refractivity contribution >= 4 is 21.4 Å². The van der Waals surface area contributed by atoms with Crippen LogP contribution in [0.25, 0.3) is 0 Å². The smallest absolute Gasteiger partial charge is 0.261 e. The van der Waals surface area contributed by atoms with E-state index in [-0.39, 0.29) is 12.0 Å². The molecule has 0 amide bonds. The molecule has 1 aliphatic heterocycles. The topological polar surface area (TPSA) is 58.2 Å². The summed E-state index contributed by atoms with van der Waals surface area (Å²) in [5, 5.41) is 3.72. The van der Waals surface area contributed by atoms with Gasteiger partial charge in [0.15, 0.2) is 0 Å². The fourth-order valence-electron chi connectivity index (χ4n) is 5.29. The monoisotopic (exact) mass is 472 g/mol. The molecule has 0 bridgehead atoms. The van der Waals surface area contributed by atoms with Crippen molar-refractivity contribution in [2.75, 3.05) is 10.0 Å². The molecule has 3 unspecified atom stereocenters. The van der Waals surface area contributed by atoms with Gasteiger partial charge in [0.2, 0.25) is 0 Å². The molecular weight excluding hydrogens is 440 g/mol. The lowest BCUT2D eigenvalue weighted by atomic mass is 9.77. The molecule has 0 spiro atoms. The lowest BCUT2D eigenvalue weighted by Gasteiger charge is -2.37. The minimum atomic E-state index is -3.69. The molecule has 0 fully saturated rings. The number of benzene rings is 3. The van der Waals surface area contributed by atoms with Gasteiger partial charge < -0.3 is 5.32 Å². The normalized spacial score (nSPS) is 21.1. The summed E-state index contributed by atoms with van der Waals surface area (Å²) in [5.41, 5.74) is 7.31. The van der Waals surface area contributed by atoms with Crippen LogP contribution in [0.3, 0.4) is 0 Å². The van der Waals surface area contributed by atoms with Gasteiger partial charge in [-0.05, 0) is 78.6 Å². The summed E-state index contributed by atoms with van der Waals surface area (Å²) < 4.78 is 29.3. The van der Waals surface area contributed by atoms with Crippen molar-refractivity contribution in [3.8, 4) is 0 Å². The first kappa shape index (κ1) is 22.7. The Hall–Kier alpha value is -3.05. The molecule has 3 atom stereocenters. The van der Waals surface area contributed by atoms with Gasteiger partial charge in [-0.1, -0.05) is 68.0 Å². The molecule has 1 aliphatic carbocycles.